The SMILES string of the molecule is c1ccc(-c2nc(-c3ccccc3)nc(-c3cc(-c4cccc5oc6c(ccc7c6c6ccccc6n7-c6ccccc6)c45)cnc3-c3cccc4oc5c(ccc6c5c5ccccc5n6-c5ccccc5)c34)n2)cc1. The highest BCUT2D eigenvalue weighted by Crippen LogP contribution is 2.47. The van der Waals surface area contributed by atoms with Gasteiger partial charge in [0, 0.05) is 77.7 Å². The minimum absolute atomic E-state index is 0.495. The molecule has 10 aromatic carbocycles. The molecule has 0 atom stereocenters. The van der Waals surface area contributed by atoms with Crippen LogP contribution in [0.1, 0.15) is 0 Å². The number of para-hydroxylation sites is 4. The molecule has 0 aliphatic carbocycles. The van der Waals surface area contributed by atoms with Crippen molar-refractivity contribution in [1.82, 2.24) is 29.1 Å². The molecular weight excluding hydrogens is 933 g/mol. The Labute approximate surface area is 434 Å². The van der Waals surface area contributed by atoms with Gasteiger partial charge in [0.1, 0.15) is 22.3 Å². The maximum atomic E-state index is 7.05. The first-order valence-corrected chi connectivity index (χ1v) is 25.5. The second-order valence-electron chi connectivity index (χ2n) is 19.3. The van der Waals surface area contributed by atoms with E-state index in [1.54, 1.807) is 0 Å². The second-order valence-corrected chi connectivity index (χ2v) is 19.3. The van der Waals surface area contributed by atoms with Crippen molar-refractivity contribution in [2.24, 2.45) is 0 Å². The number of rotatable bonds is 7. The van der Waals surface area contributed by atoms with E-state index in [-0.39, 0.29) is 0 Å². The molecule has 76 heavy (non-hydrogen) atoms. The average molecular weight is 973 g/mol. The third-order valence-electron chi connectivity index (χ3n) is 15.0. The van der Waals surface area contributed by atoms with Crippen LogP contribution in [-0.2, 0) is 0 Å². The monoisotopic (exact) mass is 972 g/mol. The lowest BCUT2D eigenvalue weighted by molar-refractivity contribution is 0.672. The highest BCUT2D eigenvalue weighted by atomic mass is 16.3. The molecule has 8 nitrogen and oxygen atoms in total. The van der Waals surface area contributed by atoms with Crippen LogP contribution in [0.15, 0.2) is 252 Å². The van der Waals surface area contributed by atoms with E-state index in [9.17, 15) is 0 Å². The molecule has 0 aliphatic rings. The lowest BCUT2D eigenvalue weighted by Crippen LogP contribution is -2.02. The van der Waals surface area contributed by atoms with Crippen molar-refractivity contribution in [1.29, 1.82) is 0 Å². The molecule has 0 radical (unpaired) electrons. The molecule has 0 spiro atoms. The van der Waals surface area contributed by atoms with E-state index < -0.39 is 0 Å². The number of pyridine rings is 1. The standard InChI is InChI=1S/C68H40N6O2/c1-5-19-41(20-6-1)66-70-67(42-21-7-2-8-22-42)72-68(71-66)52-39-43(46-29-17-33-57-59(46)50-35-37-55-61(64(50)75-57)47-27-13-15-31-53(47)73(55)44-23-9-3-10-24-44)40-69-63(52)49-30-18-34-58-60(49)51-36-38-56-62(65(51)76-58)48-28-14-16-32-54(48)74(56)45-25-11-4-12-26-45/h1-40H. The quantitative estimate of drug-likeness (QED) is 0.158. The van der Waals surface area contributed by atoms with Gasteiger partial charge in [-0.1, -0.05) is 158 Å². The second kappa shape index (κ2) is 16.5. The topological polar surface area (TPSA) is 87.7 Å². The number of benzene rings is 10. The molecule has 16 aromatic rings. The maximum absolute atomic E-state index is 7.05. The van der Waals surface area contributed by atoms with Crippen molar-refractivity contribution in [2.45, 2.75) is 0 Å². The lowest BCUT2D eigenvalue weighted by atomic mass is 9.95. The number of fused-ring (bicyclic) bond motifs is 14. The van der Waals surface area contributed by atoms with Crippen LogP contribution in [0.5, 0.6) is 0 Å². The van der Waals surface area contributed by atoms with Gasteiger partial charge in [0.25, 0.3) is 0 Å². The van der Waals surface area contributed by atoms with Crippen LogP contribution >= 0.6 is 0 Å². The molecule has 6 heterocycles. The summed E-state index contributed by atoms with van der Waals surface area (Å²) in [7, 11) is 0. The van der Waals surface area contributed by atoms with Crippen molar-refractivity contribution >= 4 is 87.5 Å². The fraction of sp³-hybridized carbons (Fsp3) is 0. The van der Waals surface area contributed by atoms with E-state index in [1.165, 1.54) is 0 Å². The van der Waals surface area contributed by atoms with Crippen LogP contribution in [-0.4, -0.2) is 29.1 Å². The fourth-order valence-electron chi connectivity index (χ4n) is 11.7. The Balaban J connectivity index is 0.963. The van der Waals surface area contributed by atoms with E-state index in [0.717, 1.165) is 132 Å². The number of furan rings is 2. The predicted octanol–water partition coefficient (Wildman–Crippen LogP) is 17.6. The first-order valence-electron chi connectivity index (χ1n) is 25.5. The van der Waals surface area contributed by atoms with Gasteiger partial charge in [-0.3, -0.25) is 4.98 Å². The minimum atomic E-state index is 0.495. The Morgan fingerprint density at radius 1 is 0.303 bits per heavy atom. The third kappa shape index (κ3) is 6.31. The van der Waals surface area contributed by atoms with Crippen molar-refractivity contribution in [3.63, 3.8) is 0 Å². The summed E-state index contributed by atoms with van der Waals surface area (Å²) >= 11 is 0. The van der Waals surface area contributed by atoms with E-state index in [4.69, 9.17) is 28.8 Å². The van der Waals surface area contributed by atoms with Gasteiger partial charge in [0.2, 0.25) is 0 Å². The zero-order chi connectivity index (χ0) is 49.8. The van der Waals surface area contributed by atoms with Crippen molar-refractivity contribution in [3.05, 3.63) is 243 Å². The summed E-state index contributed by atoms with van der Waals surface area (Å²) in [5.41, 5.74) is 15.8. The summed E-state index contributed by atoms with van der Waals surface area (Å²) < 4.78 is 18.7. The van der Waals surface area contributed by atoms with Crippen molar-refractivity contribution in [2.75, 3.05) is 0 Å². The van der Waals surface area contributed by atoms with Crippen LogP contribution in [0.4, 0.5) is 0 Å². The Hall–Kier alpha value is -10.4. The van der Waals surface area contributed by atoms with E-state index in [0.29, 0.717) is 23.2 Å². The van der Waals surface area contributed by atoms with E-state index in [2.05, 4.69) is 185 Å². The van der Waals surface area contributed by atoms with E-state index in [1.807, 2.05) is 66.9 Å². The van der Waals surface area contributed by atoms with Gasteiger partial charge in [-0.15, -0.1) is 0 Å². The number of hydrogen-bond donors (Lipinski definition) is 0. The van der Waals surface area contributed by atoms with Crippen LogP contribution in [0.25, 0.3) is 155 Å². The van der Waals surface area contributed by atoms with Crippen LogP contribution < -0.4 is 0 Å². The average Bonchev–Trinajstić information content (AvgIpc) is 4.28. The summed E-state index contributed by atoms with van der Waals surface area (Å²) in [6.07, 6.45) is 1.98. The molecule has 0 N–H and O–H groups in total. The number of hydrogen-bond acceptors (Lipinski definition) is 6. The molecule has 0 saturated carbocycles. The largest absolute Gasteiger partial charge is 0.455 e. The Morgan fingerprint density at radius 2 is 0.750 bits per heavy atom. The molecule has 8 heteroatoms. The first-order chi connectivity index (χ1) is 37.7. The molecule has 0 bridgehead atoms. The smallest absolute Gasteiger partial charge is 0.166 e. The van der Waals surface area contributed by atoms with Gasteiger partial charge in [-0.2, -0.15) is 0 Å². The van der Waals surface area contributed by atoms with Gasteiger partial charge >= 0.3 is 0 Å². The molecule has 0 aliphatic heterocycles. The third-order valence-corrected chi connectivity index (χ3v) is 15.0. The normalized spacial score (nSPS) is 11.9. The molecule has 0 fully saturated rings. The zero-order valence-corrected chi connectivity index (χ0v) is 40.6. The molecule has 0 saturated heterocycles. The van der Waals surface area contributed by atoms with Crippen LogP contribution in [0, 0.1) is 0 Å². The lowest BCUT2D eigenvalue weighted by Gasteiger charge is -2.14. The summed E-state index contributed by atoms with van der Waals surface area (Å²) in [5.74, 6) is 1.62. The van der Waals surface area contributed by atoms with Gasteiger partial charge in [0.15, 0.2) is 17.5 Å². The Morgan fingerprint density at radius 3 is 1.28 bits per heavy atom. The molecule has 16 rings (SSSR count). The summed E-state index contributed by atoms with van der Waals surface area (Å²) in [6.45, 7) is 0. The molecule has 354 valence electrons. The fourth-order valence-corrected chi connectivity index (χ4v) is 11.7. The minimum Gasteiger partial charge on any atom is -0.455 e. The highest BCUT2D eigenvalue weighted by molar-refractivity contribution is 6.27. The van der Waals surface area contributed by atoms with Crippen LogP contribution in [0.2, 0.25) is 0 Å². The molecule has 0 unspecified atom stereocenters. The Kier molecular flexibility index (Phi) is 9.17. The predicted molar refractivity (Wildman–Crippen MR) is 308 cm³/mol. The van der Waals surface area contributed by atoms with Crippen molar-refractivity contribution < 1.29 is 8.83 Å². The molecular formula is C68H40N6O2. The number of nitrogens with zero attached hydrogens (tertiary/aromatic N) is 6. The van der Waals surface area contributed by atoms with Gasteiger partial charge in [0.05, 0.1) is 38.5 Å². The highest BCUT2D eigenvalue weighted by Gasteiger charge is 2.26. The zero-order valence-electron chi connectivity index (χ0n) is 40.6. The summed E-state index contributed by atoms with van der Waals surface area (Å²) in [4.78, 5) is 21.3. The Bertz CT molecular complexity index is 4920. The van der Waals surface area contributed by atoms with Gasteiger partial charge < -0.3 is 18.0 Å². The van der Waals surface area contributed by atoms with Crippen LogP contribution in [0.3, 0.4) is 0 Å². The molecule has 6 aromatic heterocycles. The van der Waals surface area contributed by atoms with Crippen molar-refractivity contribution in [3.8, 4) is 67.9 Å². The van der Waals surface area contributed by atoms with Gasteiger partial charge in [-0.25, -0.2) is 15.0 Å². The van der Waals surface area contributed by atoms with Gasteiger partial charge in [-0.05, 0) is 84.4 Å². The molecule has 0 amide bonds. The number of aromatic nitrogens is 6. The first kappa shape index (κ1) is 42.1. The maximum Gasteiger partial charge on any atom is 0.166 e. The summed E-state index contributed by atoms with van der Waals surface area (Å²) in [6, 6.07) is 82.0. The van der Waals surface area contributed by atoms with E-state index >= 15 is 0 Å². The summed E-state index contributed by atoms with van der Waals surface area (Å²) in [5, 5.41) is 8.35.